The normalized spacial score (nSPS) is 19.4. The third-order valence-electron chi connectivity index (χ3n) is 3.29. The van der Waals surface area contributed by atoms with Gasteiger partial charge in [0, 0.05) is 0 Å². The van der Waals surface area contributed by atoms with Gasteiger partial charge >= 0.3 is 6.09 Å². The summed E-state index contributed by atoms with van der Waals surface area (Å²) >= 11 is 0. The molecule has 0 bridgehead atoms. The van der Waals surface area contributed by atoms with Gasteiger partial charge < -0.3 is 9.57 Å². The highest BCUT2D eigenvalue weighted by Crippen LogP contribution is 2.24. The van der Waals surface area contributed by atoms with E-state index in [2.05, 4.69) is 10.5 Å². The van der Waals surface area contributed by atoms with E-state index in [1.807, 2.05) is 60.7 Å². The van der Waals surface area contributed by atoms with E-state index in [1.54, 1.807) is 0 Å². The molecule has 1 aliphatic heterocycles. The molecule has 0 spiro atoms. The second-order valence-corrected chi connectivity index (χ2v) is 4.93. The van der Waals surface area contributed by atoms with Crippen LogP contribution in [0.2, 0.25) is 0 Å². The van der Waals surface area contributed by atoms with E-state index in [-0.39, 0.29) is 6.10 Å². The zero-order valence-electron chi connectivity index (χ0n) is 11.9. The first-order chi connectivity index (χ1) is 10.8. The van der Waals surface area contributed by atoms with Gasteiger partial charge in [-0.1, -0.05) is 65.8 Å². The molecule has 3 rings (SSSR count). The van der Waals surface area contributed by atoms with Gasteiger partial charge in [-0.2, -0.15) is 0 Å². The number of amidine groups is 1. The van der Waals surface area contributed by atoms with E-state index < -0.39 is 6.09 Å². The zero-order valence-corrected chi connectivity index (χ0v) is 11.9. The highest BCUT2D eigenvalue weighted by Gasteiger charge is 2.26. The molecule has 0 saturated carbocycles. The van der Waals surface area contributed by atoms with Gasteiger partial charge in [-0.3, -0.25) is 5.32 Å². The van der Waals surface area contributed by atoms with Crippen molar-refractivity contribution in [2.75, 3.05) is 0 Å². The van der Waals surface area contributed by atoms with Crippen molar-refractivity contribution in [3.63, 3.8) is 0 Å². The maximum Gasteiger partial charge on any atom is 0.413 e. The van der Waals surface area contributed by atoms with Crippen LogP contribution in [0.25, 0.3) is 0 Å². The summed E-state index contributed by atoms with van der Waals surface area (Å²) in [4.78, 5) is 16.9. The third-order valence-corrected chi connectivity index (χ3v) is 3.29. The number of amides is 1. The van der Waals surface area contributed by atoms with Crippen molar-refractivity contribution < 1.29 is 14.4 Å². The molecule has 1 unspecified atom stereocenters. The molecule has 1 atom stereocenters. The minimum Gasteiger partial charge on any atom is -0.441 e. The molecule has 5 nitrogen and oxygen atoms in total. The third kappa shape index (κ3) is 3.63. The molecule has 1 N–H and O–H groups in total. The fourth-order valence-electron chi connectivity index (χ4n) is 2.22. The zero-order chi connectivity index (χ0) is 15.2. The van der Waals surface area contributed by atoms with E-state index >= 15 is 0 Å². The molecule has 0 radical (unpaired) electrons. The number of alkyl carbamates (subject to hydrolysis) is 1. The van der Waals surface area contributed by atoms with Gasteiger partial charge in [0.1, 0.15) is 12.7 Å². The number of ether oxygens (including phenoxy) is 1. The lowest BCUT2D eigenvalue weighted by atomic mass is 10.1. The highest BCUT2D eigenvalue weighted by atomic mass is 16.6. The largest absolute Gasteiger partial charge is 0.441 e. The van der Waals surface area contributed by atoms with Crippen LogP contribution >= 0.6 is 0 Å². The number of oxime groups is 1. The number of carbonyl (C=O) groups excluding carboxylic acids is 1. The Morgan fingerprint density at radius 2 is 1.77 bits per heavy atom. The van der Waals surface area contributed by atoms with Crippen molar-refractivity contribution in [1.29, 1.82) is 0 Å². The summed E-state index contributed by atoms with van der Waals surface area (Å²) in [5.41, 5.74) is 1.96. The van der Waals surface area contributed by atoms with E-state index in [0.717, 1.165) is 11.1 Å². The van der Waals surface area contributed by atoms with Crippen LogP contribution in [0.15, 0.2) is 65.8 Å². The quantitative estimate of drug-likeness (QED) is 0.880. The maximum atomic E-state index is 11.6. The lowest BCUT2D eigenvalue weighted by molar-refractivity contribution is 0.0885. The molecule has 22 heavy (non-hydrogen) atoms. The van der Waals surface area contributed by atoms with Crippen molar-refractivity contribution in [3.05, 3.63) is 71.8 Å². The standard InChI is InChI=1S/C17H16N2O3/c20-17-18-16(19-21-12-13-7-3-1-4-8-13)11-15(22-17)14-9-5-2-6-10-14/h1-10,15H,11-12H2,(H,18,19,20). The summed E-state index contributed by atoms with van der Waals surface area (Å²) in [7, 11) is 0. The van der Waals surface area contributed by atoms with Gasteiger partial charge in [0.25, 0.3) is 0 Å². The number of cyclic esters (lactones) is 1. The number of hydrogen-bond donors (Lipinski definition) is 1. The van der Waals surface area contributed by atoms with Crippen molar-refractivity contribution in [2.45, 2.75) is 19.1 Å². The minimum absolute atomic E-state index is 0.339. The van der Waals surface area contributed by atoms with Crippen molar-refractivity contribution in [2.24, 2.45) is 5.16 Å². The molecule has 2 aromatic rings. The minimum atomic E-state index is -0.512. The van der Waals surface area contributed by atoms with Gasteiger partial charge in [-0.25, -0.2) is 4.79 Å². The fraction of sp³-hybridized carbons (Fsp3) is 0.176. The molecule has 0 aromatic heterocycles. The Bertz CT molecular complexity index is 656. The second-order valence-electron chi connectivity index (χ2n) is 4.93. The Labute approximate surface area is 128 Å². The number of hydrogen-bond acceptors (Lipinski definition) is 4. The Balaban J connectivity index is 1.63. The van der Waals surface area contributed by atoms with Crippen LogP contribution in [0.3, 0.4) is 0 Å². The molecule has 0 aliphatic carbocycles. The van der Waals surface area contributed by atoms with Crippen LogP contribution in [0.4, 0.5) is 4.79 Å². The van der Waals surface area contributed by atoms with E-state index in [1.165, 1.54) is 0 Å². The average Bonchev–Trinajstić information content (AvgIpc) is 2.56. The van der Waals surface area contributed by atoms with Crippen LogP contribution in [0, 0.1) is 0 Å². The first kappa shape index (κ1) is 14.1. The van der Waals surface area contributed by atoms with E-state index in [9.17, 15) is 4.79 Å². The summed E-state index contributed by atoms with van der Waals surface area (Å²) in [6.07, 6.45) is -0.388. The summed E-state index contributed by atoms with van der Waals surface area (Å²) in [5, 5.41) is 6.58. The topological polar surface area (TPSA) is 59.9 Å². The van der Waals surface area contributed by atoms with E-state index in [0.29, 0.717) is 18.9 Å². The van der Waals surface area contributed by atoms with Crippen LogP contribution in [0.1, 0.15) is 23.7 Å². The molecule has 2 aromatic carbocycles. The highest BCUT2D eigenvalue weighted by molar-refractivity contribution is 5.97. The van der Waals surface area contributed by atoms with Gasteiger partial charge in [-0.15, -0.1) is 0 Å². The average molecular weight is 296 g/mol. The lowest BCUT2D eigenvalue weighted by Crippen LogP contribution is -2.39. The number of carbonyl (C=O) groups is 1. The number of rotatable bonds is 4. The first-order valence-corrected chi connectivity index (χ1v) is 7.06. The Kier molecular flexibility index (Phi) is 4.34. The summed E-state index contributed by atoms with van der Waals surface area (Å²) < 4.78 is 5.28. The van der Waals surface area contributed by atoms with Gasteiger partial charge in [0.2, 0.25) is 0 Å². The SMILES string of the molecule is O=C1N/C(=N\OCc2ccccc2)CC(c2ccccc2)O1. The predicted molar refractivity (Wildman–Crippen MR) is 82.1 cm³/mol. The van der Waals surface area contributed by atoms with Gasteiger partial charge in [0.05, 0.1) is 6.42 Å². The molecular weight excluding hydrogens is 280 g/mol. The molecule has 1 fully saturated rings. The predicted octanol–water partition coefficient (Wildman–Crippen LogP) is 3.39. The Morgan fingerprint density at radius 3 is 2.50 bits per heavy atom. The smallest absolute Gasteiger partial charge is 0.413 e. The molecule has 5 heteroatoms. The molecule has 1 amide bonds. The van der Waals surface area contributed by atoms with Crippen molar-refractivity contribution in [3.8, 4) is 0 Å². The Morgan fingerprint density at radius 1 is 1.09 bits per heavy atom. The van der Waals surface area contributed by atoms with Gasteiger partial charge in [-0.05, 0) is 11.1 Å². The summed E-state index contributed by atoms with van der Waals surface area (Å²) in [6.45, 7) is 0.358. The second kappa shape index (κ2) is 6.76. The molecule has 112 valence electrons. The summed E-state index contributed by atoms with van der Waals surface area (Å²) in [5.74, 6) is 0.473. The molecule has 1 heterocycles. The monoisotopic (exact) mass is 296 g/mol. The van der Waals surface area contributed by atoms with E-state index in [4.69, 9.17) is 9.57 Å². The number of nitrogens with zero attached hydrogens (tertiary/aromatic N) is 1. The molecule has 1 aliphatic rings. The fourth-order valence-corrected chi connectivity index (χ4v) is 2.22. The molecule has 1 saturated heterocycles. The number of nitrogens with one attached hydrogen (secondary N) is 1. The van der Waals surface area contributed by atoms with Crippen LogP contribution < -0.4 is 5.32 Å². The van der Waals surface area contributed by atoms with Gasteiger partial charge in [0.15, 0.2) is 5.84 Å². The van der Waals surface area contributed by atoms with Crippen molar-refractivity contribution >= 4 is 11.9 Å². The summed E-state index contributed by atoms with van der Waals surface area (Å²) in [6, 6.07) is 19.3. The lowest BCUT2D eigenvalue weighted by Gasteiger charge is -2.24. The van der Waals surface area contributed by atoms with Crippen LogP contribution in [0.5, 0.6) is 0 Å². The molecular formula is C17H16N2O3. The van der Waals surface area contributed by atoms with Crippen LogP contribution in [-0.2, 0) is 16.2 Å². The number of benzene rings is 2. The van der Waals surface area contributed by atoms with Crippen LogP contribution in [-0.4, -0.2) is 11.9 Å². The maximum absolute atomic E-state index is 11.6. The Hall–Kier alpha value is -2.82. The first-order valence-electron chi connectivity index (χ1n) is 7.06. The van der Waals surface area contributed by atoms with Crippen molar-refractivity contribution in [1.82, 2.24) is 5.32 Å².